The molecular weight excluding hydrogens is 264 g/mol. The number of carbonyl (C=O) groups is 1. The van der Waals surface area contributed by atoms with E-state index >= 15 is 0 Å². The van der Waals surface area contributed by atoms with Crippen LogP contribution < -0.4 is 10.6 Å². The fourth-order valence-electron chi connectivity index (χ4n) is 4.46. The number of piperidine rings is 1. The van der Waals surface area contributed by atoms with E-state index in [1.54, 1.807) is 0 Å². The van der Waals surface area contributed by atoms with E-state index in [-0.39, 0.29) is 11.9 Å². The van der Waals surface area contributed by atoms with Crippen LogP contribution in [0.4, 0.5) is 0 Å². The Morgan fingerprint density at radius 3 is 2.62 bits per heavy atom. The molecule has 4 heteroatoms. The van der Waals surface area contributed by atoms with Crippen molar-refractivity contribution in [3.05, 3.63) is 0 Å². The largest absolute Gasteiger partial charge is 0.388 e. The monoisotopic (exact) mass is 294 g/mol. The average Bonchev–Trinajstić information content (AvgIpc) is 2.53. The summed E-state index contributed by atoms with van der Waals surface area (Å²) in [6.07, 6.45) is 12.4. The van der Waals surface area contributed by atoms with Crippen molar-refractivity contribution in [2.24, 2.45) is 5.92 Å². The molecule has 2 aliphatic carbocycles. The quantitative estimate of drug-likeness (QED) is 0.747. The Hall–Kier alpha value is -0.610. The summed E-state index contributed by atoms with van der Waals surface area (Å²) in [5.41, 5.74) is -0.657. The Balaban J connectivity index is 1.47. The summed E-state index contributed by atoms with van der Waals surface area (Å²) in [5.74, 6) is 0.878. The third kappa shape index (κ3) is 3.78. The van der Waals surface area contributed by atoms with Gasteiger partial charge in [0.05, 0.1) is 11.6 Å². The summed E-state index contributed by atoms with van der Waals surface area (Å²) >= 11 is 0. The van der Waals surface area contributed by atoms with E-state index in [1.165, 1.54) is 38.5 Å². The van der Waals surface area contributed by atoms with Crippen LogP contribution in [0, 0.1) is 5.92 Å². The van der Waals surface area contributed by atoms with Crippen molar-refractivity contribution in [1.29, 1.82) is 0 Å². The van der Waals surface area contributed by atoms with Crippen molar-refractivity contribution < 1.29 is 9.90 Å². The van der Waals surface area contributed by atoms with Gasteiger partial charge in [0.2, 0.25) is 5.91 Å². The van der Waals surface area contributed by atoms with E-state index in [0.717, 1.165) is 38.0 Å². The van der Waals surface area contributed by atoms with Crippen molar-refractivity contribution in [3.8, 4) is 0 Å². The van der Waals surface area contributed by atoms with Gasteiger partial charge >= 0.3 is 0 Å². The summed E-state index contributed by atoms with van der Waals surface area (Å²) in [6.45, 7) is 0.429. The van der Waals surface area contributed by atoms with Gasteiger partial charge in [-0.1, -0.05) is 32.1 Å². The Kier molecular flexibility index (Phi) is 4.85. The second-order valence-electron chi connectivity index (χ2n) is 7.45. The van der Waals surface area contributed by atoms with Crippen LogP contribution in [0.2, 0.25) is 0 Å². The van der Waals surface area contributed by atoms with E-state index in [0.29, 0.717) is 12.6 Å². The smallest absolute Gasteiger partial charge is 0.237 e. The van der Waals surface area contributed by atoms with Gasteiger partial charge in [-0.05, 0) is 44.4 Å². The van der Waals surface area contributed by atoms with E-state index in [1.807, 2.05) is 0 Å². The van der Waals surface area contributed by atoms with Gasteiger partial charge in [0, 0.05) is 12.6 Å². The van der Waals surface area contributed by atoms with Crippen LogP contribution in [-0.2, 0) is 4.79 Å². The van der Waals surface area contributed by atoms with Crippen molar-refractivity contribution in [3.63, 3.8) is 0 Å². The first-order valence-corrected chi connectivity index (χ1v) is 8.92. The van der Waals surface area contributed by atoms with Gasteiger partial charge in [0.15, 0.2) is 0 Å². The van der Waals surface area contributed by atoms with Crippen LogP contribution in [0.15, 0.2) is 0 Å². The Labute approximate surface area is 128 Å². The number of hydrogen-bond donors (Lipinski definition) is 3. The van der Waals surface area contributed by atoms with Gasteiger partial charge in [-0.15, -0.1) is 0 Å². The molecule has 0 spiro atoms. The molecule has 0 bridgehead atoms. The van der Waals surface area contributed by atoms with Crippen LogP contribution in [0.25, 0.3) is 0 Å². The molecule has 0 radical (unpaired) electrons. The average molecular weight is 294 g/mol. The van der Waals surface area contributed by atoms with Gasteiger partial charge in [-0.3, -0.25) is 4.79 Å². The Morgan fingerprint density at radius 2 is 1.81 bits per heavy atom. The molecule has 3 atom stereocenters. The van der Waals surface area contributed by atoms with Crippen molar-refractivity contribution in [2.45, 2.75) is 88.3 Å². The normalized spacial score (nSPS) is 35.8. The number of nitrogens with one attached hydrogen (secondary N) is 2. The maximum absolute atomic E-state index is 12.4. The molecule has 1 heterocycles. The fraction of sp³-hybridized carbons (Fsp3) is 0.941. The number of aliphatic hydroxyl groups is 1. The van der Waals surface area contributed by atoms with E-state index < -0.39 is 5.60 Å². The molecule has 3 rings (SSSR count). The third-order valence-corrected chi connectivity index (χ3v) is 5.84. The molecule has 3 unspecified atom stereocenters. The molecule has 3 fully saturated rings. The Bertz CT molecular complexity index is 366. The predicted molar refractivity (Wildman–Crippen MR) is 82.9 cm³/mol. The summed E-state index contributed by atoms with van der Waals surface area (Å²) in [5, 5.41) is 17.0. The van der Waals surface area contributed by atoms with E-state index in [2.05, 4.69) is 10.6 Å². The van der Waals surface area contributed by atoms with Gasteiger partial charge in [0.1, 0.15) is 0 Å². The lowest BCUT2D eigenvalue weighted by molar-refractivity contribution is -0.126. The first-order chi connectivity index (χ1) is 10.2. The second-order valence-corrected chi connectivity index (χ2v) is 7.45. The summed E-state index contributed by atoms with van der Waals surface area (Å²) in [4.78, 5) is 12.4. The minimum Gasteiger partial charge on any atom is -0.388 e. The van der Waals surface area contributed by atoms with Crippen molar-refractivity contribution in [2.75, 3.05) is 6.54 Å². The van der Waals surface area contributed by atoms with Crippen molar-refractivity contribution in [1.82, 2.24) is 10.6 Å². The first-order valence-electron chi connectivity index (χ1n) is 8.92. The zero-order valence-corrected chi connectivity index (χ0v) is 13.1. The molecule has 120 valence electrons. The molecule has 4 nitrogen and oxygen atoms in total. The highest BCUT2D eigenvalue weighted by atomic mass is 16.3. The minimum absolute atomic E-state index is 0.0449. The van der Waals surface area contributed by atoms with E-state index in [9.17, 15) is 9.90 Å². The van der Waals surface area contributed by atoms with Crippen LogP contribution >= 0.6 is 0 Å². The van der Waals surface area contributed by atoms with E-state index in [4.69, 9.17) is 0 Å². The summed E-state index contributed by atoms with van der Waals surface area (Å²) in [7, 11) is 0. The summed E-state index contributed by atoms with van der Waals surface area (Å²) < 4.78 is 0. The number of amides is 1. The molecule has 1 aliphatic heterocycles. The Morgan fingerprint density at radius 1 is 1.05 bits per heavy atom. The SMILES string of the molecule is O=C(NCC1(O)CCCCC1)C1CCC2CCCCC2N1. The number of hydrogen-bond acceptors (Lipinski definition) is 3. The molecule has 0 aromatic heterocycles. The zero-order chi connectivity index (χ0) is 14.7. The third-order valence-electron chi connectivity index (χ3n) is 5.84. The highest BCUT2D eigenvalue weighted by molar-refractivity contribution is 5.82. The van der Waals surface area contributed by atoms with Crippen molar-refractivity contribution >= 4 is 5.91 Å². The van der Waals surface area contributed by atoms with Gasteiger partial charge in [-0.25, -0.2) is 0 Å². The molecule has 0 aromatic carbocycles. The molecule has 1 saturated heterocycles. The highest BCUT2D eigenvalue weighted by Crippen LogP contribution is 2.32. The highest BCUT2D eigenvalue weighted by Gasteiger charge is 2.35. The molecule has 21 heavy (non-hydrogen) atoms. The zero-order valence-electron chi connectivity index (χ0n) is 13.1. The lowest BCUT2D eigenvalue weighted by atomic mass is 9.77. The van der Waals surface area contributed by atoms with Gasteiger partial charge in [-0.2, -0.15) is 0 Å². The van der Waals surface area contributed by atoms with Crippen LogP contribution in [0.5, 0.6) is 0 Å². The molecule has 3 N–H and O–H groups in total. The number of carbonyl (C=O) groups excluding carboxylic acids is 1. The topological polar surface area (TPSA) is 61.4 Å². The van der Waals surface area contributed by atoms with Gasteiger partial charge < -0.3 is 15.7 Å². The molecule has 3 aliphatic rings. The van der Waals surface area contributed by atoms with Crippen LogP contribution in [-0.4, -0.2) is 35.2 Å². The number of fused-ring (bicyclic) bond motifs is 1. The van der Waals surface area contributed by atoms with Crippen LogP contribution in [0.3, 0.4) is 0 Å². The number of rotatable bonds is 3. The lowest BCUT2D eigenvalue weighted by Gasteiger charge is -2.40. The fourth-order valence-corrected chi connectivity index (χ4v) is 4.46. The minimum atomic E-state index is -0.657. The predicted octanol–water partition coefficient (Wildman–Crippen LogP) is 2.11. The lowest BCUT2D eigenvalue weighted by Crippen LogP contribution is -2.56. The molecular formula is C17H30N2O2. The maximum atomic E-state index is 12.4. The molecule has 2 saturated carbocycles. The standard InChI is InChI=1S/C17H30N2O2/c20-16(18-12-17(21)10-4-1-5-11-17)15-9-8-13-6-2-3-7-14(13)19-15/h13-15,19,21H,1-12H2,(H,18,20). The van der Waals surface area contributed by atoms with Crippen LogP contribution in [0.1, 0.15) is 70.6 Å². The molecule has 1 amide bonds. The summed E-state index contributed by atoms with van der Waals surface area (Å²) in [6, 6.07) is 0.498. The maximum Gasteiger partial charge on any atom is 0.237 e. The van der Waals surface area contributed by atoms with Gasteiger partial charge in [0.25, 0.3) is 0 Å². The molecule has 0 aromatic rings. The second kappa shape index (κ2) is 6.66. The first kappa shape index (κ1) is 15.3.